The molecule has 2 aliphatic rings. The van der Waals surface area contributed by atoms with Crippen molar-refractivity contribution in [2.75, 3.05) is 72.2 Å². The second kappa shape index (κ2) is 13.0. The molecule has 7 nitrogen and oxygen atoms in total. The second-order valence-electron chi connectivity index (χ2n) is 8.82. The molecule has 0 saturated carbocycles. The number of aliphatic imine (C=N–C) groups is 1. The van der Waals surface area contributed by atoms with E-state index in [4.69, 9.17) is 14.5 Å². The Bertz CT molecular complexity index is 649. The minimum atomic E-state index is 0.195. The van der Waals surface area contributed by atoms with Crippen molar-refractivity contribution in [3.8, 4) is 0 Å². The van der Waals surface area contributed by atoms with Crippen LogP contribution in [0.3, 0.4) is 0 Å². The summed E-state index contributed by atoms with van der Waals surface area (Å²) in [5.41, 5.74) is 1.31. The topological polar surface area (TPSA) is 61.4 Å². The highest BCUT2D eigenvalue weighted by atomic mass is 16.5. The Balaban J connectivity index is 1.60. The summed E-state index contributed by atoms with van der Waals surface area (Å²) in [5.74, 6) is 1.54. The number of nitrogens with one attached hydrogen (secondary N) is 2. The van der Waals surface area contributed by atoms with Crippen LogP contribution < -0.4 is 10.6 Å². The molecule has 2 atom stereocenters. The van der Waals surface area contributed by atoms with Gasteiger partial charge in [-0.2, -0.15) is 0 Å². The highest BCUT2D eigenvalue weighted by Crippen LogP contribution is 2.22. The summed E-state index contributed by atoms with van der Waals surface area (Å²) in [4.78, 5) is 9.95. The molecule has 0 amide bonds. The minimum absolute atomic E-state index is 0.195. The van der Waals surface area contributed by atoms with E-state index in [-0.39, 0.29) is 12.1 Å². The monoisotopic (exact) mass is 431 g/mol. The zero-order valence-electron chi connectivity index (χ0n) is 19.6. The van der Waals surface area contributed by atoms with Crippen molar-refractivity contribution in [3.05, 3.63) is 35.9 Å². The predicted octanol–water partition coefficient (Wildman–Crippen LogP) is 1.97. The first-order valence-electron chi connectivity index (χ1n) is 11.9. The summed E-state index contributed by atoms with van der Waals surface area (Å²) < 4.78 is 11.6. The van der Waals surface area contributed by atoms with E-state index in [2.05, 4.69) is 71.5 Å². The molecule has 0 aliphatic carbocycles. The van der Waals surface area contributed by atoms with E-state index in [1.807, 2.05) is 0 Å². The molecule has 0 radical (unpaired) electrons. The molecule has 0 aromatic heterocycles. The van der Waals surface area contributed by atoms with Crippen LogP contribution in [0.15, 0.2) is 35.3 Å². The van der Waals surface area contributed by atoms with Gasteiger partial charge in [-0.15, -0.1) is 0 Å². The molecule has 174 valence electrons. The number of nitrogens with zero attached hydrogens (tertiary/aromatic N) is 3. The van der Waals surface area contributed by atoms with E-state index in [1.54, 1.807) is 0 Å². The van der Waals surface area contributed by atoms with E-state index in [9.17, 15) is 0 Å². The molecule has 2 heterocycles. The molecular formula is C24H41N5O2. The van der Waals surface area contributed by atoms with Gasteiger partial charge < -0.3 is 20.1 Å². The van der Waals surface area contributed by atoms with Crippen molar-refractivity contribution in [1.82, 2.24) is 20.4 Å². The summed E-state index contributed by atoms with van der Waals surface area (Å²) in [7, 11) is 0. The number of ether oxygens (including phenoxy) is 2. The Morgan fingerprint density at radius 2 is 1.87 bits per heavy atom. The molecule has 1 aromatic carbocycles. The predicted molar refractivity (Wildman–Crippen MR) is 127 cm³/mol. The first-order chi connectivity index (χ1) is 15.2. The Morgan fingerprint density at radius 3 is 2.58 bits per heavy atom. The van der Waals surface area contributed by atoms with E-state index < -0.39 is 0 Å². The maximum absolute atomic E-state index is 6.00. The van der Waals surface area contributed by atoms with E-state index in [0.717, 1.165) is 71.6 Å². The van der Waals surface area contributed by atoms with Crippen LogP contribution in [-0.2, 0) is 9.47 Å². The van der Waals surface area contributed by atoms with Crippen LogP contribution in [0.1, 0.15) is 32.4 Å². The molecule has 31 heavy (non-hydrogen) atoms. The number of morpholine rings is 2. The zero-order valence-corrected chi connectivity index (χ0v) is 19.6. The van der Waals surface area contributed by atoms with Crippen LogP contribution in [0.4, 0.5) is 0 Å². The quantitative estimate of drug-likeness (QED) is 0.461. The molecule has 2 N–H and O–H groups in total. The lowest BCUT2D eigenvalue weighted by Gasteiger charge is -2.35. The lowest BCUT2D eigenvalue weighted by atomic mass is 10.1. The largest absolute Gasteiger partial charge is 0.379 e. The maximum atomic E-state index is 6.00. The van der Waals surface area contributed by atoms with E-state index >= 15 is 0 Å². The highest BCUT2D eigenvalue weighted by Gasteiger charge is 2.23. The summed E-state index contributed by atoms with van der Waals surface area (Å²) in [6.45, 7) is 16.4. The molecule has 2 saturated heterocycles. The first-order valence-corrected chi connectivity index (χ1v) is 11.9. The van der Waals surface area contributed by atoms with Crippen molar-refractivity contribution < 1.29 is 9.47 Å². The van der Waals surface area contributed by atoms with Crippen LogP contribution in [0.5, 0.6) is 0 Å². The highest BCUT2D eigenvalue weighted by molar-refractivity contribution is 5.79. The summed E-state index contributed by atoms with van der Waals surface area (Å²) in [5, 5.41) is 6.92. The number of guanidine groups is 1. The van der Waals surface area contributed by atoms with Gasteiger partial charge in [-0.25, -0.2) is 0 Å². The fourth-order valence-corrected chi connectivity index (χ4v) is 4.31. The average Bonchev–Trinajstić information content (AvgIpc) is 2.79. The van der Waals surface area contributed by atoms with Gasteiger partial charge in [-0.3, -0.25) is 14.8 Å². The van der Waals surface area contributed by atoms with Gasteiger partial charge in [0.1, 0.15) is 0 Å². The Morgan fingerprint density at radius 1 is 1.10 bits per heavy atom. The van der Waals surface area contributed by atoms with Crippen LogP contribution in [0.25, 0.3) is 0 Å². The van der Waals surface area contributed by atoms with Crippen LogP contribution in [0.2, 0.25) is 0 Å². The van der Waals surface area contributed by atoms with Crippen molar-refractivity contribution in [2.24, 2.45) is 10.9 Å². The van der Waals surface area contributed by atoms with Gasteiger partial charge in [0.25, 0.3) is 0 Å². The normalized spacial score (nSPS) is 22.5. The van der Waals surface area contributed by atoms with Gasteiger partial charge in [0, 0.05) is 45.8 Å². The van der Waals surface area contributed by atoms with E-state index in [0.29, 0.717) is 12.5 Å². The Kier molecular flexibility index (Phi) is 10.1. The number of hydrogen-bond donors (Lipinski definition) is 2. The molecule has 3 rings (SSSR count). The van der Waals surface area contributed by atoms with Gasteiger partial charge in [0.05, 0.1) is 38.5 Å². The summed E-state index contributed by atoms with van der Waals surface area (Å²) >= 11 is 0. The molecule has 2 fully saturated rings. The van der Waals surface area contributed by atoms with Crippen molar-refractivity contribution in [3.63, 3.8) is 0 Å². The lowest BCUT2D eigenvalue weighted by Crippen LogP contribution is -2.50. The summed E-state index contributed by atoms with van der Waals surface area (Å²) in [6, 6.07) is 11.0. The molecule has 1 aromatic rings. The SMILES string of the molecule is CCNC(=NCC(c1ccccc1)N1CCOCC1)NCC1CN(CC(C)C)CCO1. The van der Waals surface area contributed by atoms with Crippen molar-refractivity contribution >= 4 is 5.96 Å². The maximum Gasteiger partial charge on any atom is 0.191 e. The first kappa shape index (κ1) is 24.0. The third-order valence-corrected chi connectivity index (χ3v) is 5.78. The molecule has 2 aliphatic heterocycles. The fourth-order valence-electron chi connectivity index (χ4n) is 4.31. The lowest BCUT2D eigenvalue weighted by molar-refractivity contribution is -0.0284. The summed E-state index contributed by atoms with van der Waals surface area (Å²) in [6.07, 6.45) is 0.195. The van der Waals surface area contributed by atoms with Gasteiger partial charge in [0.15, 0.2) is 5.96 Å². The molecule has 7 heteroatoms. The number of rotatable bonds is 9. The molecular weight excluding hydrogens is 390 g/mol. The smallest absolute Gasteiger partial charge is 0.191 e. The van der Waals surface area contributed by atoms with Gasteiger partial charge in [-0.05, 0) is 18.4 Å². The second-order valence-corrected chi connectivity index (χ2v) is 8.82. The van der Waals surface area contributed by atoms with Gasteiger partial charge >= 0.3 is 0 Å². The zero-order chi connectivity index (χ0) is 21.9. The standard InChI is InChI=1S/C24H41N5O2/c1-4-25-24(26-16-22-19-28(10-15-31-22)18-20(2)3)27-17-23(21-8-6-5-7-9-21)29-11-13-30-14-12-29/h5-9,20,22-23H,4,10-19H2,1-3H3,(H2,25,26,27). The number of benzene rings is 1. The van der Waals surface area contributed by atoms with Crippen LogP contribution in [0, 0.1) is 5.92 Å². The molecule has 2 unspecified atom stereocenters. The van der Waals surface area contributed by atoms with Gasteiger partial charge in [0.2, 0.25) is 0 Å². The molecule has 0 bridgehead atoms. The Hall–Kier alpha value is -1.67. The molecule has 0 spiro atoms. The third kappa shape index (κ3) is 8.07. The Labute approximate surface area is 188 Å². The van der Waals surface area contributed by atoms with Crippen molar-refractivity contribution in [2.45, 2.75) is 32.9 Å². The fraction of sp³-hybridized carbons (Fsp3) is 0.708. The van der Waals surface area contributed by atoms with E-state index in [1.165, 1.54) is 5.56 Å². The number of hydrogen-bond acceptors (Lipinski definition) is 5. The third-order valence-electron chi connectivity index (χ3n) is 5.78. The minimum Gasteiger partial charge on any atom is -0.379 e. The average molecular weight is 432 g/mol. The van der Waals surface area contributed by atoms with Crippen LogP contribution >= 0.6 is 0 Å². The van der Waals surface area contributed by atoms with Crippen LogP contribution in [-0.4, -0.2) is 94.0 Å². The van der Waals surface area contributed by atoms with Crippen molar-refractivity contribution in [1.29, 1.82) is 0 Å². The van der Waals surface area contributed by atoms with Gasteiger partial charge in [-0.1, -0.05) is 44.2 Å².